The minimum atomic E-state index is 0.585. The summed E-state index contributed by atoms with van der Waals surface area (Å²) in [6, 6.07) is 6.38. The van der Waals surface area contributed by atoms with Gasteiger partial charge in [-0.15, -0.1) is 22.9 Å². The van der Waals surface area contributed by atoms with Gasteiger partial charge >= 0.3 is 0 Å². The Balaban J connectivity index is 2.78. The van der Waals surface area contributed by atoms with Gasteiger partial charge in [0.25, 0.3) is 0 Å². The molecule has 0 aliphatic rings. The zero-order chi connectivity index (χ0) is 9.42. The molecule has 13 heavy (non-hydrogen) atoms. The minimum Gasteiger partial charge on any atom is -0.128 e. The van der Waals surface area contributed by atoms with Gasteiger partial charge in [0.05, 0.1) is 3.79 Å². The fourth-order valence-corrected chi connectivity index (χ4v) is 4.19. The monoisotopic (exact) mass is 386 g/mol. The van der Waals surface area contributed by atoms with Crippen LogP contribution < -0.4 is 0 Å². The lowest BCUT2D eigenvalue weighted by Crippen LogP contribution is -1.83. The van der Waals surface area contributed by atoms with E-state index < -0.39 is 0 Å². The van der Waals surface area contributed by atoms with Crippen molar-refractivity contribution in [2.45, 2.75) is 5.88 Å². The number of hydrogen-bond acceptors (Lipinski definition) is 1. The summed E-state index contributed by atoms with van der Waals surface area (Å²) in [4.78, 5) is 0. The van der Waals surface area contributed by atoms with E-state index in [2.05, 4.69) is 56.7 Å². The van der Waals surface area contributed by atoms with E-state index in [9.17, 15) is 0 Å². The molecule has 0 bridgehead atoms. The fraction of sp³-hybridized carbons (Fsp3) is 0.111. The maximum absolute atomic E-state index is 5.83. The van der Waals surface area contributed by atoms with E-state index in [0.717, 1.165) is 0 Å². The largest absolute Gasteiger partial charge is 0.128 e. The summed E-state index contributed by atoms with van der Waals surface area (Å²) in [5, 5.41) is 1.30. The molecule has 0 nitrogen and oxygen atoms in total. The number of benzene rings is 1. The van der Waals surface area contributed by atoms with Crippen LogP contribution in [0.3, 0.4) is 0 Å². The summed E-state index contributed by atoms with van der Waals surface area (Å²) >= 11 is 13.4. The Bertz CT molecular complexity index is 452. The van der Waals surface area contributed by atoms with Crippen LogP contribution in [-0.4, -0.2) is 0 Å². The number of alkyl halides is 1. The van der Waals surface area contributed by atoms with Crippen LogP contribution >= 0.6 is 61.5 Å². The van der Waals surface area contributed by atoms with Gasteiger partial charge in [0.2, 0.25) is 0 Å². The molecule has 0 spiro atoms. The molecule has 0 N–H and O–H groups in total. The molecule has 0 saturated carbocycles. The van der Waals surface area contributed by atoms with Crippen molar-refractivity contribution in [3.8, 4) is 0 Å². The Morgan fingerprint density at radius 2 is 2.23 bits per heavy atom. The molecule has 1 aromatic carbocycles. The summed E-state index contributed by atoms with van der Waals surface area (Å²) in [6.45, 7) is 0. The first-order valence-electron chi connectivity index (χ1n) is 3.65. The second kappa shape index (κ2) is 4.04. The maximum atomic E-state index is 5.83. The van der Waals surface area contributed by atoms with Crippen LogP contribution in [0, 0.1) is 3.57 Å². The third kappa shape index (κ3) is 1.89. The van der Waals surface area contributed by atoms with Crippen molar-refractivity contribution in [2.75, 3.05) is 0 Å². The van der Waals surface area contributed by atoms with E-state index >= 15 is 0 Å². The minimum absolute atomic E-state index is 0.585. The van der Waals surface area contributed by atoms with Crippen LogP contribution in [0.5, 0.6) is 0 Å². The molecule has 0 aliphatic heterocycles. The van der Waals surface area contributed by atoms with Crippen LogP contribution in [0.25, 0.3) is 10.1 Å². The SMILES string of the molecule is ClCc1ccc2sc(Br)cc2c1I. The first kappa shape index (κ1) is 10.2. The smallest absolute Gasteiger partial charge is 0.0711 e. The molecule has 4 heteroatoms. The molecule has 0 amide bonds. The van der Waals surface area contributed by atoms with Crippen molar-refractivity contribution in [1.82, 2.24) is 0 Å². The molecule has 68 valence electrons. The lowest BCUT2D eigenvalue weighted by Gasteiger charge is -2.00. The zero-order valence-corrected chi connectivity index (χ0v) is 11.8. The van der Waals surface area contributed by atoms with Gasteiger partial charge in [-0.2, -0.15) is 0 Å². The second-order valence-corrected chi connectivity index (χ2v) is 6.44. The molecule has 0 aliphatic carbocycles. The average molecular weight is 387 g/mol. The van der Waals surface area contributed by atoms with Crippen LogP contribution in [0.2, 0.25) is 0 Å². The van der Waals surface area contributed by atoms with Crippen molar-refractivity contribution in [2.24, 2.45) is 0 Å². The van der Waals surface area contributed by atoms with Crippen molar-refractivity contribution >= 4 is 71.5 Å². The summed E-state index contributed by atoms with van der Waals surface area (Å²) in [5.41, 5.74) is 1.21. The predicted octanol–water partition coefficient (Wildman–Crippen LogP) is 5.01. The normalized spacial score (nSPS) is 11.0. The maximum Gasteiger partial charge on any atom is 0.0711 e. The number of thiophene rings is 1. The molecule has 0 unspecified atom stereocenters. The Morgan fingerprint density at radius 1 is 1.46 bits per heavy atom. The van der Waals surface area contributed by atoms with E-state index in [-0.39, 0.29) is 0 Å². The first-order chi connectivity index (χ1) is 6.22. The van der Waals surface area contributed by atoms with Gasteiger partial charge in [0.1, 0.15) is 0 Å². The van der Waals surface area contributed by atoms with Crippen molar-refractivity contribution in [3.05, 3.63) is 31.1 Å². The highest BCUT2D eigenvalue weighted by molar-refractivity contribution is 14.1. The average Bonchev–Trinajstić information content (AvgIpc) is 2.47. The van der Waals surface area contributed by atoms with Gasteiger partial charge in [0.15, 0.2) is 0 Å². The topological polar surface area (TPSA) is 0 Å². The Hall–Kier alpha value is 0.680. The Morgan fingerprint density at radius 3 is 2.92 bits per heavy atom. The quantitative estimate of drug-likeness (QED) is 0.477. The van der Waals surface area contributed by atoms with Gasteiger partial charge < -0.3 is 0 Å². The lowest BCUT2D eigenvalue weighted by atomic mass is 10.2. The molecule has 0 saturated heterocycles. The standard InChI is InChI=1S/C9H5BrClIS/c10-8-3-6-7(13-8)2-1-5(4-11)9(6)12/h1-3H,4H2. The van der Waals surface area contributed by atoms with E-state index in [0.29, 0.717) is 5.88 Å². The summed E-state index contributed by atoms with van der Waals surface area (Å²) in [6.07, 6.45) is 0. The van der Waals surface area contributed by atoms with Crippen molar-refractivity contribution < 1.29 is 0 Å². The Labute approximate surface area is 108 Å². The molecular weight excluding hydrogens is 382 g/mol. The second-order valence-electron chi connectivity index (χ2n) is 2.63. The third-order valence-corrected chi connectivity index (χ3v) is 4.99. The molecule has 2 aromatic rings. The van der Waals surface area contributed by atoms with Gasteiger partial charge in [0, 0.05) is 19.5 Å². The first-order valence-corrected chi connectivity index (χ1v) is 6.87. The fourth-order valence-electron chi connectivity index (χ4n) is 1.20. The number of halogens is 3. The highest BCUT2D eigenvalue weighted by atomic mass is 127. The summed E-state index contributed by atoms with van der Waals surface area (Å²) in [7, 11) is 0. The van der Waals surface area contributed by atoms with Gasteiger partial charge in [-0.1, -0.05) is 6.07 Å². The molecule has 1 aromatic heterocycles. The molecule has 2 rings (SSSR count). The third-order valence-electron chi connectivity index (χ3n) is 1.83. The van der Waals surface area contributed by atoms with Crippen LogP contribution in [0.4, 0.5) is 0 Å². The predicted molar refractivity (Wildman–Crippen MR) is 71.8 cm³/mol. The van der Waals surface area contributed by atoms with Gasteiger partial charge in [-0.05, 0) is 56.2 Å². The lowest BCUT2D eigenvalue weighted by molar-refractivity contribution is 1.40. The van der Waals surface area contributed by atoms with E-state index in [1.165, 1.54) is 23.0 Å². The number of rotatable bonds is 1. The Kier molecular flexibility index (Phi) is 3.18. The summed E-state index contributed by atoms with van der Waals surface area (Å²) < 4.78 is 3.75. The van der Waals surface area contributed by atoms with E-state index in [1.54, 1.807) is 11.3 Å². The van der Waals surface area contributed by atoms with Gasteiger partial charge in [-0.3, -0.25) is 0 Å². The number of hydrogen-bond donors (Lipinski definition) is 0. The zero-order valence-electron chi connectivity index (χ0n) is 6.48. The summed E-state index contributed by atoms with van der Waals surface area (Å²) in [5.74, 6) is 0.585. The number of fused-ring (bicyclic) bond motifs is 1. The van der Waals surface area contributed by atoms with Crippen LogP contribution in [0.15, 0.2) is 22.0 Å². The van der Waals surface area contributed by atoms with Crippen LogP contribution in [-0.2, 0) is 5.88 Å². The van der Waals surface area contributed by atoms with Crippen molar-refractivity contribution in [3.63, 3.8) is 0 Å². The molecule has 0 radical (unpaired) electrons. The highest BCUT2D eigenvalue weighted by Crippen LogP contribution is 2.34. The highest BCUT2D eigenvalue weighted by Gasteiger charge is 2.06. The van der Waals surface area contributed by atoms with E-state index in [1.807, 2.05) is 0 Å². The molecule has 0 atom stereocenters. The van der Waals surface area contributed by atoms with E-state index in [4.69, 9.17) is 11.6 Å². The van der Waals surface area contributed by atoms with Gasteiger partial charge in [-0.25, -0.2) is 0 Å². The van der Waals surface area contributed by atoms with Crippen molar-refractivity contribution in [1.29, 1.82) is 0 Å². The molecule has 0 fully saturated rings. The molecule has 1 heterocycles. The molecular formula is C9H5BrClIS. The van der Waals surface area contributed by atoms with Crippen LogP contribution in [0.1, 0.15) is 5.56 Å².